The van der Waals surface area contributed by atoms with Crippen molar-refractivity contribution < 1.29 is 4.74 Å². The quantitative estimate of drug-likeness (QED) is 0.439. The average molecular weight is 312 g/mol. The Labute approximate surface area is 140 Å². The minimum atomic E-state index is 0.872. The lowest BCUT2D eigenvalue weighted by atomic mass is 10.0. The zero-order chi connectivity index (χ0) is 16.1. The lowest BCUT2D eigenvalue weighted by Gasteiger charge is -2.21. The van der Waals surface area contributed by atoms with Gasteiger partial charge in [0.2, 0.25) is 0 Å². The molecule has 0 atom stereocenters. The lowest BCUT2D eigenvalue weighted by Crippen LogP contribution is -2.07. The van der Waals surface area contributed by atoms with Crippen LogP contribution in [0.1, 0.15) is 12.7 Å². The summed E-state index contributed by atoms with van der Waals surface area (Å²) in [6.07, 6.45) is 0.878. The second-order valence-corrected chi connectivity index (χ2v) is 5.99. The molecule has 0 spiro atoms. The van der Waals surface area contributed by atoms with Crippen LogP contribution in [0.3, 0.4) is 0 Å². The number of para-hydroxylation sites is 2. The van der Waals surface area contributed by atoms with E-state index in [-0.39, 0.29) is 0 Å². The zero-order valence-electron chi connectivity index (χ0n) is 13.4. The van der Waals surface area contributed by atoms with Crippen molar-refractivity contribution in [2.45, 2.75) is 13.3 Å². The Bertz CT molecular complexity index is 1060. The predicted octanol–water partition coefficient (Wildman–Crippen LogP) is 5.36. The molecule has 1 aliphatic heterocycles. The van der Waals surface area contributed by atoms with Crippen molar-refractivity contribution in [2.75, 3.05) is 0 Å². The highest BCUT2D eigenvalue weighted by atomic mass is 16.5. The second-order valence-electron chi connectivity index (χ2n) is 5.99. The molecule has 0 aliphatic carbocycles. The van der Waals surface area contributed by atoms with E-state index in [1.807, 2.05) is 24.3 Å². The Kier molecular flexibility index (Phi) is 2.77. The molecule has 0 fully saturated rings. The monoisotopic (exact) mass is 312 g/mol. The molecule has 3 nitrogen and oxygen atoms in total. The van der Waals surface area contributed by atoms with Gasteiger partial charge < -0.3 is 4.74 Å². The largest absolute Gasteiger partial charge is 0.453 e. The standard InChI is InChI=1S/C21H16N2O/c1-2-20-22-16-12-15(14-8-4-3-5-9-14)13-19-21(16)23(20)17-10-6-7-11-18(17)24-19/h3-13H,2H2,1H3. The van der Waals surface area contributed by atoms with Gasteiger partial charge in [0.1, 0.15) is 11.3 Å². The second kappa shape index (κ2) is 4.96. The summed E-state index contributed by atoms with van der Waals surface area (Å²) in [6.45, 7) is 2.14. The first-order valence-electron chi connectivity index (χ1n) is 8.23. The highest BCUT2D eigenvalue weighted by molar-refractivity contribution is 5.91. The molecule has 5 rings (SSSR count). The van der Waals surface area contributed by atoms with Gasteiger partial charge in [0, 0.05) is 6.42 Å². The molecule has 0 N–H and O–H groups in total. The molecular formula is C21H16N2O. The molecule has 1 aromatic heterocycles. The van der Waals surface area contributed by atoms with Gasteiger partial charge in [-0.05, 0) is 35.4 Å². The van der Waals surface area contributed by atoms with Crippen molar-refractivity contribution in [2.24, 2.45) is 0 Å². The smallest absolute Gasteiger partial charge is 0.154 e. The molecule has 4 aromatic rings. The number of benzene rings is 3. The van der Waals surface area contributed by atoms with Gasteiger partial charge in [-0.25, -0.2) is 4.98 Å². The molecule has 1 aliphatic rings. The zero-order valence-corrected chi connectivity index (χ0v) is 13.4. The lowest BCUT2D eigenvalue weighted by molar-refractivity contribution is 0.474. The molecule has 0 radical (unpaired) electrons. The van der Waals surface area contributed by atoms with Gasteiger partial charge in [-0.1, -0.05) is 49.4 Å². The summed E-state index contributed by atoms with van der Waals surface area (Å²) in [5.41, 5.74) is 5.41. The maximum absolute atomic E-state index is 6.21. The van der Waals surface area contributed by atoms with Crippen LogP contribution < -0.4 is 4.74 Å². The summed E-state index contributed by atoms with van der Waals surface area (Å²) >= 11 is 0. The van der Waals surface area contributed by atoms with Crippen LogP contribution in [0, 0.1) is 0 Å². The van der Waals surface area contributed by atoms with E-state index in [9.17, 15) is 0 Å². The number of aromatic nitrogens is 2. The fourth-order valence-electron chi connectivity index (χ4n) is 3.44. The van der Waals surface area contributed by atoms with Crippen LogP contribution in [-0.2, 0) is 6.42 Å². The van der Waals surface area contributed by atoms with Gasteiger partial charge in [0.15, 0.2) is 11.5 Å². The van der Waals surface area contributed by atoms with Crippen molar-refractivity contribution in [1.29, 1.82) is 0 Å². The van der Waals surface area contributed by atoms with Crippen LogP contribution in [-0.4, -0.2) is 9.55 Å². The molecular weight excluding hydrogens is 296 g/mol. The van der Waals surface area contributed by atoms with Crippen LogP contribution >= 0.6 is 0 Å². The molecule has 0 bridgehead atoms. The summed E-state index contributed by atoms with van der Waals surface area (Å²) in [5, 5.41) is 0. The first-order valence-corrected chi connectivity index (χ1v) is 8.23. The van der Waals surface area contributed by atoms with Crippen LogP contribution in [0.4, 0.5) is 0 Å². The molecule has 0 amide bonds. The number of fused-ring (bicyclic) bond motifs is 2. The summed E-state index contributed by atoms with van der Waals surface area (Å²) in [7, 11) is 0. The van der Waals surface area contributed by atoms with Crippen molar-refractivity contribution in [1.82, 2.24) is 9.55 Å². The molecule has 3 heteroatoms. The van der Waals surface area contributed by atoms with Crippen LogP contribution in [0.5, 0.6) is 11.5 Å². The maximum Gasteiger partial charge on any atom is 0.154 e. The summed E-state index contributed by atoms with van der Waals surface area (Å²) in [4.78, 5) is 4.87. The molecule has 2 heterocycles. The molecule has 24 heavy (non-hydrogen) atoms. The number of rotatable bonds is 2. The van der Waals surface area contributed by atoms with E-state index in [0.29, 0.717) is 0 Å². The number of hydrogen-bond acceptors (Lipinski definition) is 2. The number of nitrogens with zero attached hydrogens (tertiary/aromatic N) is 2. The van der Waals surface area contributed by atoms with Crippen molar-refractivity contribution in [3.05, 3.63) is 72.6 Å². The molecule has 0 saturated carbocycles. The van der Waals surface area contributed by atoms with Gasteiger partial charge in [-0.2, -0.15) is 0 Å². The summed E-state index contributed by atoms with van der Waals surface area (Å²) in [5.74, 6) is 2.81. The van der Waals surface area contributed by atoms with Gasteiger partial charge >= 0.3 is 0 Å². The van der Waals surface area contributed by atoms with E-state index in [1.54, 1.807) is 0 Å². The fraction of sp³-hybridized carbons (Fsp3) is 0.0952. The Morgan fingerprint density at radius 2 is 1.67 bits per heavy atom. The maximum atomic E-state index is 6.21. The predicted molar refractivity (Wildman–Crippen MR) is 96.0 cm³/mol. The first kappa shape index (κ1) is 13.4. The SMILES string of the molecule is CCc1nc2cc(-c3ccccc3)cc3c2n1-c1ccccc1O3. The Morgan fingerprint density at radius 1 is 0.875 bits per heavy atom. The van der Waals surface area contributed by atoms with Gasteiger partial charge in [-0.3, -0.25) is 4.57 Å². The molecule has 0 unspecified atom stereocenters. The van der Waals surface area contributed by atoms with E-state index >= 15 is 0 Å². The highest BCUT2D eigenvalue weighted by Crippen LogP contribution is 2.43. The third-order valence-corrected chi connectivity index (χ3v) is 4.54. The van der Waals surface area contributed by atoms with Crippen LogP contribution in [0.15, 0.2) is 66.7 Å². The molecule has 116 valence electrons. The third-order valence-electron chi connectivity index (χ3n) is 4.54. The minimum absolute atomic E-state index is 0.872. The van der Waals surface area contributed by atoms with Crippen LogP contribution in [0.2, 0.25) is 0 Å². The topological polar surface area (TPSA) is 27.1 Å². The Balaban J connectivity index is 1.84. The molecule has 0 saturated heterocycles. The fourth-order valence-corrected chi connectivity index (χ4v) is 3.44. The van der Waals surface area contributed by atoms with Gasteiger partial charge in [0.05, 0.1) is 11.2 Å². The third kappa shape index (κ3) is 1.81. The van der Waals surface area contributed by atoms with Crippen molar-refractivity contribution in [3.8, 4) is 28.3 Å². The number of imidazole rings is 1. The summed E-state index contributed by atoms with van der Waals surface area (Å²) in [6, 6.07) is 22.8. The highest BCUT2D eigenvalue weighted by Gasteiger charge is 2.24. The Hall–Kier alpha value is -3.07. The van der Waals surface area contributed by atoms with E-state index < -0.39 is 0 Å². The van der Waals surface area contributed by atoms with Crippen LogP contribution in [0.25, 0.3) is 27.8 Å². The van der Waals surface area contributed by atoms with Crippen molar-refractivity contribution >= 4 is 11.0 Å². The average Bonchev–Trinajstić information content (AvgIpc) is 3.02. The van der Waals surface area contributed by atoms with Gasteiger partial charge in [0.25, 0.3) is 0 Å². The van der Waals surface area contributed by atoms with E-state index in [0.717, 1.165) is 46.0 Å². The molecule has 3 aromatic carbocycles. The van der Waals surface area contributed by atoms with E-state index in [2.05, 4.69) is 54.0 Å². The van der Waals surface area contributed by atoms with Crippen molar-refractivity contribution in [3.63, 3.8) is 0 Å². The summed E-state index contributed by atoms with van der Waals surface area (Å²) < 4.78 is 8.44. The normalized spacial score (nSPS) is 12.0. The van der Waals surface area contributed by atoms with E-state index in [1.165, 1.54) is 5.56 Å². The number of hydrogen-bond donors (Lipinski definition) is 0. The first-order chi connectivity index (χ1) is 11.8. The van der Waals surface area contributed by atoms with Gasteiger partial charge in [-0.15, -0.1) is 0 Å². The van der Waals surface area contributed by atoms with E-state index in [4.69, 9.17) is 9.72 Å². The Morgan fingerprint density at radius 3 is 2.50 bits per heavy atom. The number of aryl methyl sites for hydroxylation is 1. The number of ether oxygens (including phenoxy) is 1. The minimum Gasteiger partial charge on any atom is -0.453 e.